The molecular weight excluding hydrogens is 244 g/mol. The molecular formula is C6H13NO6P2. The Kier molecular flexibility index (Phi) is 3.90. The van der Waals surface area contributed by atoms with E-state index in [9.17, 15) is 9.13 Å². The van der Waals surface area contributed by atoms with Gasteiger partial charge in [-0.1, -0.05) is 12.2 Å². The first-order chi connectivity index (χ1) is 6.73. The fourth-order valence-corrected chi connectivity index (χ4v) is 4.33. The normalized spacial score (nSPS) is 19.8. The monoisotopic (exact) mass is 257 g/mol. The summed E-state index contributed by atoms with van der Waals surface area (Å²) in [5.74, 6) is 0. The second-order valence-corrected chi connectivity index (χ2v) is 7.02. The van der Waals surface area contributed by atoms with Crippen LogP contribution in [0.4, 0.5) is 0 Å². The van der Waals surface area contributed by atoms with Gasteiger partial charge in [0.05, 0.1) is 0 Å². The molecule has 1 aliphatic rings. The average Bonchev–Trinajstić information content (AvgIpc) is 2.00. The maximum Gasteiger partial charge on any atom is 0.354 e. The van der Waals surface area contributed by atoms with Gasteiger partial charge in [0.25, 0.3) is 0 Å². The molecule has 1 aliphatic heterocycles. The lowest BCUT2D eigenvalue weighted by Gasteiger charge is -2.32. The lowest BCUT2D eigenvalue weighted by molar-refractivity contribution is 0.238. The minimum absolute atomic E-state index is 0.140. The van der Waals surface area contributed by atoms with Gasteiger partial charge >= 0.3 is 15.2 Å². The molecule has 0 aromatic heterocycles. The van der Waals surface area contributed by atoms with Gasteiger partial charge < -0.3 is 19.6 Å². The molecule has 4 N–H and O–H groups in total. The topological polar surface area (TPSA) is 118 Å². The van der Waals surface area contributed by atoms with Gasteiger partial charge in [0.1, 0.15) is 0 Å². The minimum atomic E-state index is -4.84. The van der Waals surface area contributed by atoms with E-state index >= 15 is 0 Å². The van der Waals surface area contributed by atoms with Crippen molar-refractivity contribution in [2.45, 2.75) is 11.9 Å². The summed E-state index contributed by atoms with van der Waals surface area (Å²) >= 11 is 0. The van der Waals surface area contributed by atoms with Crippen LogP contribution in [0.2, 0.25) is 0 Å². The first-order valence-electron chi connectivity index (χ1n) is 4.22. The molecule has 15 heavy (non-hydrogen) atoms. The standard InChI is InChI=1S/C6H13NO6P2/c8-14(9,10)6(15(11,12)13)7-4-2-1-3-5-7/h1-2,6H,3-5H2,(H2,8,9,10)(H2,11,12,13). The van der Waals surface area contributed by atoms with E-state index in [-0.39, 0.29) is 13.1 Å². The maximum absolute atomic E-state index is 11.0. The fourth-order valence-electron chi connectivity index (χ4n) is 1.49. The van der Waals surface area contributed by atoms with E-state index < -0.39 is 20.7 Å². The van der Waals surface area contributed by atoms with E-state index in [1.165, 1.54) is 0 Å². The molecule has 0 aromatic carbocycles. The highest BCUT2D eigenvalue weighted by Gasteiger charge is 2.47. The molecule has 1 heterocycles. The van der Waals surface area contributed by atoms with E-state index in [1.54, 1.807) is 12.2 Å². The largest absolute Gasteiger partial charge is 0.354 e. The number of nitrogens with zero attached hydrogens (tertiary/aromatic N) is 1. The van der Waals surface area contributed by atoms with Crippen LogP contribution in [0.5, 0.6) is 0 Å². The Hall–Kier alpha value is -0.0000000000000000971. The van der Waals surface area contributed by atoms with Crippen molar-refractivity contribution in [2.24, 2.45) is 0 Å². The number of rotatable bonds is 3. The molecule has 88 valence electrons. The van der Waals surface area contributed by atoms with Crippen LogP contribution in [0.3, 0.4) is 0 Å². The Morgan fingerprint density at radius 1 is 1.07 bits per heavy atom. The summed E-state index contributed by atoms with van der Waals surface area (Å²) in [6.07, 6.45) is 3.95. The Morgan fingerprint density at radius 3 is 1.93 bits per heavy atom. The summed E-state index contributed by atoms with van der Waals surface area (Å²) in [6, 6.07) is 0. The molecule has 0 aliphatic carbocycles. The summed E-state index contributed by atoms with van der Waals surface area (Å²) in [7, 11) is -9.67. The van der Waals surface area contributed by atoms with Gasteiger partial charge in [0, 0.05) is 13.1 Å². The predicted octanol–water partition coefficient (Wildman–Crippen LogP) is -0.113. The van der Waals surface area contributed by atoms with Crippen LogP contribution in [-0.4, -0.2) is 43.1 Å². The van der Waals surface area contributed by atoms with Crippen molar-refractivity contribution < 1.29 is 28.7 Å². The summed E-state index contributed by atoms with van der Waals surface area (Å²) in [6.45, 7) is 0.373. The zero-order valence-electron chi connectivity index (χ0n) is 7.80. The predicted molar refractivity (Wildman–Crippen MR) is 53.2 cm³/mol. The van der Waals surface area contributed by atoms with Crippen molar-refractivity contribution in [3.63, 3.8) is 0 Å². The van der Waals surface area contributed by atoms with E-state index in [4.69, 9.17) is 19.6 Å². The third-order valence-corrected chi connectivity index (χ3v) is 5.68. The highest BCUT2D eigenvalue weighted by molar-refractivity contribution is 7.70. The van der Waals surface area contributed by atoms with Gasteiger partial charge in [0.15, 0.2) is 0 Å². The van der Waals surface area contributed by atoms with Crippen LogP contribution in [0.25, 0.3) is 0 Å². The number of hydrogen-bond acceptors (Lipinski definition) is 3. The molecule has 0 saturated carbocycles. The van der Waals surface area contributed by atoms with Crippen molar-refractivity contribution in [3.05, 3.63) is 12.2 Å². The lowest BCUT2D eigenvalue weighted by atomic mass is 10.3. The third-order valence-electron chi connectivity index (χ3n) is 2.02. The Morgan fingerprint density at radius 2 is 1.60 bits per heavy atom. The van der Waals surface area contributed by atoms with Crippen LogP contribution in [-0.2, 0) is 9.13 Å². The maximum atomic E-state index is 11.0. The van der Waals surface area contributed by atoms with Gasteiger partial charge in [-0.15, -0.1) is 0 Å². The second kappa shape index (κ2) is 4.47. The zero-order valence-corrected chi connectivity index (χ0v) is 9.59. The zero-order chi connectivity index (χ0) is 11.7. The molecule has 0 bridgehead atoms. The molecule has 7 nitrogen and oxygen atoms in total. The van der Waals surface area contributed by atoms with Crippen molar-refractivity contribution in [1.82, 2.24) is 4.90 Å². The molecule has 0 aromatic rings. The third kappa shape index (κ3) is 3.50. The molecule has 0 atom stereocenters. The van der Waals surface area contributed by atoms with Crippen molar-refractivity contribution in [3.8, 4) is 0 Å². The smallest absolute Gasteiger partial charge is 0.323 e. The van der Waals surface area contributed by atoms with Gasteiger partial charge in [-0.2, -0.15) is 0 Å². The molecule has 9 heteroatoms. The highest BCUT2D eigenvalue weighted by atomic mass is 31.2. The van der Waals surface area contributed by atoms with Gasteiger partial charge in [-0.05, 0) is 6.42 Å². The van der Waals surface area contributed by atoms with Gasteiger partial charge in [-0.25, -0.2) is 0 Å². The van der Waals surface area contributed by atoms with Crippen LogP contribution in [0.15, 0.2) is 12.2 Å². The van der Waals surface area contributed by atoms with Gasteiger partial charge in [-0.3, -0.25) is 14.0 Å². The van der Waals surface area contributed by atoms with Crippen LogP contribution >= 0.6 is 15.2 Å². The fraction of sp³-hybridized carbons (Fsp3) is 0.667. The molecule has 0 radical (unpaired) electrons. The van der Waals surface area contributed by atoms with E-state index in [1.807, 2.05) is 0 Å². The molecule has 0 amide bonds. The summed E-state index contributed by atoms with van der Waals surface area (Å²) in [5, 5.41) is 0. The first kappa shape index (κ1) is 13.1. The quantitative estimate of drug-likeness (QED) is 0.411. The Bertz CT molecular complexity index is 322. The average molecular weight is 257 g/mol. The number of hydrogen-bond donors (Lipinski definition) is 4. The molecule has 0 saturated heterocycles. The molecule has 0 unspecified atom stereocenters. The molecule has 1 rings (SSSR count). The van der Waals surface area contributed by atoms with E-state index in [0.717, 1.165) is 4.90 Å². The second-order valence-electron chi connectivity index (χ2n) is 3.28. The van der Waals surface area contributed by atoms with Crippen molar-refractivity contribution in [1.29, 1.82) is 0 Å². The van der Waals surface area contributed by atoms with Crippen LogP contribution < -0.4 is 0 Å². The summed E-state index contributed by atoms with van der Waals surface area (Å²) in [4.78, 5) is 36.8. The van der Waals surface area contributed by atoms with Crippen molar-refractivity contribution >= 4 is 15.2 Å². The van der Waals surface area contributed by atoms with Crippen LogP contribution in [0, 0.1) is 0 Å². The SMILES string of the molecule is O=P(O)(O)C(N1CC=CCC1)P(=O)(O)O. The summed E-state index contributed by atoms with van der Waals surface area (Å²) in [5.41, 5.74) is -2.02. The summed E-state index contributed by atoms with van der Waals surface area (Å²) < 4.78 is 22.0. The van der Waals surface area contributed by atoms with Crippen LogP contribution in [0.1, 0.15) is 6.42 Å². The van der Waals surface area contributed by atoms with E-state index in [2.05, 4.69) is 0 Å². The minimum Gasteiger partial charge on any atom is -0.323 e. The highest BCUT2D eigenvalue weighted by Crippen LogP contribution is 2.61. The molecule has 0 fully saturated rings. The van der Waals surface area contributed by atoms with E-state index in [0.29, 0.717) is 6.42 Å². The van der Waals surface area contributed by atoms with Gasteiger partial charge in [0.2, 0.25) is 5.52 Å². The van der Waals surface area contributed by atoms with Crippen molar-refractivity contribution in [2.75, 3.05) is 13.1 Å². The Balaban J connectivity index is 2.97. The lowest BCUT2D eigenvalue weighted by Crippen LogP contribution is -2.37. The Labute approximate surface area is 86.7 Å². The molecule has 0 spiro atoms. The first-order valence-corrected chi connectivity index (χ1v) is 7.59.